The summed E-state index contributed by atoms with van der Waals surface area (Å²) < 4.78 is 0. The van der Waals surface area contributed by atoms with Crippen LogP contribution in [-0.4, -0.2) is 18.1 Å². The number of anilines is 2. The SMILES string of the molecule is Nc1ccc2c(c1)NC(C=O)CS2. The van der Waals surface area contributed by atoms with Crippen LogP contribution in [0.3, 0.4) is 0 Å². The van der Waals surface area contributed by atoms with Crippen molar-refractivity contribution in [1.29, 1.82) is 0 Å². The van der Waals surface area contributed by atoms with E-state index in [0.717, 1.165) is 28.3 Å². The molecule has 2 rings (SSSR count). The van der Waals surface area contributed by atoms with Gasteiger partial charge in [-0.1, -0.05) is 0 Å². The van der Waals surface area contributed by atoms with E-state index < -0.39 is 0 Å². The van der Waals surface area contributed by atoms with E-state index in [1.807, 2.05) is 18.2 Å². The van der Waals surface area contributed by atoms with Gasteiger partial charge in [0, 0.05) is 16.3 Å². The monoisotopic (exact) mass is 194 g/mol. The lowest BCUT2D eigenvalue weighted by molar-refractivity contribution is -0.108. The molecule has 1 aromatic carbocycles. The van der Waals surface area contributed by atoms with E-state index in [2.05, 4.69) is 5.32 Å². The molecule has 1 heterocycles. The zero-order chi connectivity index (χ0) is 9.26. The summed E-state index contributed by atoms with van der Waals surface area (Å²) in [7, 11) is 0. The highest BCUT2D eigenvalue weighted by Gasteiger charge is 2.16. The first-order chi connectivity index (χ1) is 6.29. The Morgan fingerprint density at radius 3 is 3.23 bits per heavy atom. The fourth-order valence-corrected chi connectivity index (χ4v) is 2.24. The molecule has 3 nitrogen and oxygen atoms in total. The van der Waals surface area contributed by atoms with Crippen molar-refractivity contribution in [3.8, 4) is 0 Å². The van der Waals surface area contributed by atoms with Gasteiger partial charge in [-0.2, -0.15) is 0 Å². The minimum Gasteiger partial charge on any atom is -0.399 e. The van der Waals surface area contributed by atoms with Gasteiger partial charge in [0.05, 0.1) is 11.7 Å². The molecule has 0 saturated carbocycles. The number of carbonyl (C=O) groups excluding carboxylic acids is 1. The number of rotatable bonds is 1. The fourth-order valence-electron chi connectivity index (χ4n) is 1.28. The van der Waals surface area contributed by atoms with Crippen LogP contribution >= 0.6 is 11.8 Å². The van der Waals surface area contributed by atoms with Crippen LogP contribution in [0.15, 0.2) is 23.1 Å². The molecule has 0 radical (unpaired) electrons. The van der Waals surface area contributed by atoms with E-state index in [1.165, 1.54) is 0 Å². The van der Waals surface area contributed by atoms with Crippen molar-refractivity contribution in [2.75, 3.05) is 16.8 Å². The fraction of sp³-hybridized carbons (Fsp3) is 0.222. The second-order valence-corrected chi connectivity index (χ2v) is 4.02. The largest absolute Gasteiger partial charge is 0.399 e. The number of aldehydes is 1. The van der Waals surface area contributed by atoms with Gasteiger partial charge in [0.15, 0.2) is 0 Å². The van der Waals surface area contributed by atoms with Gasteiger partial charge < -0.3 is 15.8 Å². The number of nitrogens with two attached hydrogens (primary N) is 1. The molecular formula is C9H10N2OS. The molecule has 0 saturated heterocycles. The predicted octanol–water partition coefficient (Wildman–Crippen LogP) is 1.35. The molecule has 1 aliphatic heterocycles. The molecule has 13 heavy (non-hydrogen) atoms. The number of carbonyl (C=O) groups is 1. The van der Waals surface area contributed by atoms with Crippen molar-refractivity contribution in [2.45, 2.75) is 10.9 Å². The van der Waals surface area contributed by atoms with Gasteiger partial charge in [0.1, 0.15) is 6.29 Å². The molecular weight excluding hydrogens is 184 g/mol. The van der Waals surface area contributed by atoms with Crippen molar-refractivity contribution >= 4 is 29.4 Å². The van der Waals surface area contributed by atoms with Crippen LogP contribution in [0.1, 0.15) is 0 Å². The number of nitrogens with one attached hydrogen (secondary N) is 1. The quantitative estimate of drug-likeness (QED) is 0.523. The van der Waals surface area contributed by atoms with E-state index in [-0.39, 0.29) is 6.04 Å². The third kappa shape index (κ3) is 1.62. The lowest BCUT2D eigenvalue weighted by atomic mass is 10.2. The molecule has 1 atom stereocenters. The van der Waals surface area contributed by atoms with E-state index in [1.54, 1.807) is 11.8 Å². The van der Waals surface area contributed by atoms with E-state index in [9.17, 15) is 4.79 Å². The second-order valence-electron chi connectivity index (χ2n) is 2.95. The standard InChI is InChI=1S/C9H10N2OS/c10-6-1-2-9-8(3-6)11-7(4-12)5-13-9/h1-4,7,11H,5,10H2. The molecule has 0 aromatic heterocycles. The van der Waals surface area contributed by atoms with Crippen molar-refractivity contribution in [2.24, 2.45) is 0 Å². The summed E-state index contributed by atoms with van der Waals surface area (Å²) in [5, 5.41) is 3.12. The summed E-state index contributed by atoms with van der Waals surface area (Å²) in [6, 6.07) is 5.62. The summed E-state index contributed by atoms with van der Waals surface area (Å²) in [5.41, 5.74) is 7.32. The zero-order valence-electron chi connectivity index (χ0n) is 6.99. The first-order valence-electron chi connectivity index (χ1n) is 4.04. The highest BCUT2D eigenvalue weighted by atomic mass is 32.2. The molecule has 0 amide bonds. The van der Waals surface area contributed by atoms with Crippen LogP contribution in [0, 0.1) is 0 Å². The molecule has 4 heteroatoms. The number of hydrogen-bond donors (Lipinski definition) is 2. The predicted molar refractivity (Wildman–Crippen MR) is 55.1 cm³/mol. The Labute approximate surface area is 80.7 Å². The van der Waals surface area contributed by atoms with Crippen LogP contribution in [0.25, 0.3) is 0 Å². The maximum atomic E-state index is 10.5. The Balaban J connectivity index is 2.32. The van der Waals surface area contributed by atoms with Gasteiger partial charge in [-0.25, -0.2) is 0 Å². The van der Waals surface area contributed by atoms with Crippen molar-refractivity contribution in [1.82, 2.24) is 0 Å². The van der Waals surface area contributed by atoms with Crippen LogP contribution < -0.4 is 11.1 Å². The average molecular weight is 194 g/mol. The molecule has 1 aliphatic rings. The Morgan fingerprint density at radius 1 is 1.62 bits per heavy atom. The van der Waals surface area contributed by atoms with Crippen molar-refractivity contribution in [3.05, 3.63) is 18.2 Å². The molecule has 1 unspecified atom stereocenters. The van der Waals surface area contributed by atoms with Gasteiger partial charge in [0.25, 0.3) is 0 Å². The summed E-state index contributed by atoms with van der Waals surface area (Å²) >= 11 is 1.68. The average Bonchev–Trinajstić information content (AvgIpc) is 2.16. The molecule has 68 valence electrons. The number of thioether (sulfide) groups is 1. The van der Waals surface area contributed by atoms with Crippen LogP contribution in [0.2, 0.25) is 0 Å². The van der Waals surface area contributed by atoms with Crippen molar-refractivity contribution < 1.29 is 4.79 Å². The third-order valence-corrected chi connectivity index (χ3v) is 3.12. The zero-order valence-corrected chi connectivity index (χ0v) is 7.80. The van der Waals surface area contributed by atoms with Crippen LogP contribution in [0.4, 0.5) is 11.4 Å². The summed E-state index contributed by atoms with van der Waals surface area (Å²) in [6.07, 6.45) is 0.930. The topological polar surface area (TPSA) is 55.1 Å². The number of hydrogen-bond acceptors (Lipinski definition) is 4. The number of nitrogen functional groups attached to an aromatic ring is 1. The van der Waals surface area contributed by atoms with Crippen LogP contribution in [-0.2, 0) is 4.79 Å². The van der Waals surface area contributed by atoms with Gasteiger partial charge in [-0.3, -0.25) is 0 Å². The Morgan fingerprint density at radius 2 is 2.46 bits per heavy atom. The molecule has 0 aliphatic carbocycles. The summed E-state index contributed by atoms with van der Waals surface area (Å²) in [5.74, 6) is 0.792. The normalized spacial score (nSPS) is 20.2. The molecule has 0 bridgehead atoms. The smallest absolute Gasteiger partial charge is 0.143 e. The third-order valence-electron chi connectivity index (χ3n) is 1.93. The number of benzene rings is 1. The maximum absolute atomic E-state index is 10.5. The van der Waals surface area contributed by atoms with Crippen LogP contribution in [0.5, 0.6) is 0 Å². The first-order valence-corrected chi connectivity index (χ1v) is 5.02. The minimum absolute atomic E-state index is 0.0840. The van der Waals surface area contributed by atoms with E-state index >= 15 is 0 Å². The summed E-state index contributed by atoms with van der Waals surface area (Å²) in [4.78, 5) is 11.7. The molecule has 1 aromatic rings. The highest BCUT2D eigenvalue weighted by molar-refractivity contribution is 7.99. The Hall–Kier alpha value is -1.16. The van der Waals surface area contributed by atoms with Gasteiger partial charge in [0.2, 0.25) is 0 Å². The van der Waals surface area contributed by atoms with E-state index in [0.29, 0.717) is 0 Å². The molecule has 0 spiro atoms. The molecule has 3 N–H and O–H groups in total. The first kappa shape index (κ1) is 8.44. The minimum atomic E-state index is -0.0840. The summed E-state index contributed by atoms with van der Waals surface area (Å²) in [6.45, 7) is 0. The van der Waals surface area contributed by atoms with Crippen molar-refractivity contribution in [3.63, 3.8) is 0 Å². The highest BCUT2D eigenvalue weighted by Crippen LogP contribution is 2.33. The Bertz CT molecular complexity index is 340. The van der Waals surface area contributed by atoms with Gasteiger partial charge >= 0.3 is 0 Å². The Kier molecular flexibility index (Phi) is 2.14. The van der Waals surface area contributed by atoms with E-state index in [4.69, 9.17) is 5.73 Å². The van der Waals surface area contributed by atoms with Gasteiger partial charge in [-0.05, 0) is 18.2 Å². The van der Waals surface area contributed by atoms with Gasteiger partial charge in [-0.15, -0.1) is 11.8 Å². The maximum Gasteiger partial charge on any atom is 0.143 e. The second kappa shape index (κ2) is 3.30. The lowest BCUT2D eigenvalue weighted by Crippen LogP contribution is -2.27. The molecule has 0 fully saturated rings. The lowest BCUT2D eigenvalue weighted by Gasteiger charge is -2.22. The number of fused-ring (bicyclic) bond motifs is 1.